The van der Waals surface area contributed by atoms with E-state index in [9.17, 15) is 0 Å². The highest BCUT2D eigenvalue weighted by Crippen LogP contribution is 2.40. The Balaban J connectivity index is 2.28. The van der Waals surface area contributed by atoms with Crippen molar-refractivity contribution in [2.45, 2.75) is 18.8 Å². The zero-order chi connectivity index (χ0) is 7.84. The molecular formula is C9H12NO. The van der Waals surface area contributed by atoms with Gasteiger partial charge in [-0.2, -0.15) is 4.73 Å². The summed E-state index contributed by atoms with van der Waals surface area (Å²) in [6.45, 7) is 3.86. The van der Waals surface area contributed by atoms with Gasteiger partial charge in [0.05, 0.1) is 5.69 Å². The van der Waals surface area contributed by atoms with Crippen LogP contribution in [-0.4, -0.2) is 11.8 Å². The van der Waals surface area contributed by atoms with E-state index in [1.54, 1.807) is 11.8 Å². The first-order valence-electron chi connectivity index (χ1n) is 3.90. The minimum atomic E-state index is 0.784. The molecule has 0 saturated heterocycles. The highest BCUT2D eigenvalue weighted by Gasteiger charge is 2.25. The maximum absolute atomic E-state index is 5.06. The Labute approximate surface area is 66.7 Å². The molecule has 0 atom stereocenters. The second kappa shape index (κ2) is 2.29. The summed E-state index contributed by atoms with van der Waals surface area (Å²) < 4.78 is 1.72. The van der Waals surface area contributed by atoms with Gasteiger partial charge in [0.15, 0.2) is 0 Å². The fourth-order valence-corrected chi connectivity index (χ4v) is 1.32. The van der Waals surface area contributed by atoms with E-state index in [1.807, 2.05) is 6.20 Å². The Morgan fingerprint density at radius 1 is 1.64 bits per heavy atom. The molecule has 0 aliphatic heterocycles. The van der Waals surface area contributed by atoms with E-state index >= 15 is 0 Å². The van der Waals surface area contributed by atoms with Gasteiger partial charge < -0.3 is 4.84 Å². The number of hydrogen-bond donors (Lipinski definition) is 0. The lowest BCUT2D eigenvalue weighted by Crippen LogP contribution is -2.04. The van der Waals surface area contributed by atoms with Gasteiger partial charge in [-0.1, -0.05) is 0 Å². The largest absolute Gasteiger partial charge is 0.417 e. The van der Waals surface area contributed by atoms with Crippen molar-refractivity contribution in [3.63, 3.8) is 0 Å². The molecule has 1 saturated carbocycles. The van der Waals surface area contributed by atoms with E-state index in [2.05, 4.69) is 13.0 Å². The maximum atomic E-state index is 5.06. The van der Waals surface area contributed by atoms with Crippen LogP contribution in [0.2, 0.25) is 0 Å². The predicted molar refractivity (Wildman–Crippen MR) is 43.4 cm³/mol. The molecule has 0 spiro atoms. The SMILES string of the molecule is [CH2]c1cc(C2CC2)cn1OC. The summed E-state index contributed by atoms with van der Waals surface area (Å²) in [6, 6.07) is 2.10. The molecule has 1 aliphatic carbocycles. The summed E-state index contributed by atoms with van der Waals surface area (Å²) in [7, 11) is 1.66. The molecule has 1 aliphatic rings. The van der Waals surface area contributed by atoms with Crippen LogP contribution in [0.5, 0.6) is 0 Å². The number of aromatic nitrogens is 1. The van der Waals surface area contributed by atoms with Crippen molar-refractivity contribution >= 4 is 0 Å². The van der Waals surface area contributed by atoms with Crippen LogP contribution in [0, 0.1) is 6.92 Å². The van der Waals surface area contributed by atoms with Crippen molar-refractivity contribution in [3.05, 3.63) is 30.4 Å². The van der Waals surface area contributed by atoms with Crippen LogP contribution in [0.25, 0.3) is 0 Å². The average molecular weight is 150 g/mol. The number of rotatable bonds is 2. The molecule has 0 N–H and O–H groups in total. The first-order chi connectivity index (χ1) is 5.31. The molecule has 2 rings (SSSR count). The van der Waals surface area contributed by atoms with E-state index in [0.717, 1.165) is 11.6 Å². The first kappa shape index (κ1) is 6.77. The summed E-state index contributed by atoms with van der Waals surface area (Å²) >= 11 is 0. The lowest BCUT2D eigenvalue weighted by atomic mass is 10.2. The molecule has 0 unspecified atom stereocenters. The van der Waals surface area contributed by atoms with Gasteiger partial charge in [0, 0.05) is 6.20 Å². The highest BCUT2D eigenvalue weighted by atomic mass is 16.6. The Bertz CT molecular complexity index is 261. The van der Waals surface area contributed by atoms with Gasteiger partial charge in [-0.3, -0.25) is 0 Å². The van der Waals surface area contributed by atoms with E-state index in [-0.39, 0.29) is 0 Å². The third-order valence-corrected chi connectivity index (χ3v) is 2.13. The van der Waals surface area contributed by atoms with Gasteiger partial charge in [-0.05, 0) is 37.3 Å². The molecule has 1 fully saturated rings. The van der Waals surface area contributed by atoms with E-state index in [4.69, 9.17) is 4.84 Å². The lowest BCUT2D eigenvalue weighted by Gasteiger charge is -2.00. The fraction of sp³-hybridized carbons (Fsp3) is 0.444. The van der Waals surface area contributed by atoms with Crippen LogP contribution in [0.15, 0.2) is 12.3 Å². The monoisotopic (exact) mass is 150 g/mol. The number of nitrogens with zero attached hydrogens (tertiary/aromatic N) is 1. The third kappa shape index (κ3) is 1.13. The average Bonchev–Trinajstić information content (AvgIpc) is 2.76. The summed E-state index contributed by atoms with van der Waals surface area (Å²) in [5.41, 5.74) is 2.31. The molecule has 59 valence electrons. The van der Waals surface area contributed by atoms with Crippen LogP contribution in [0.3, 0.4) is 0 Å². The van der Waals surface area contributed by atoms with E-state index in [0.29, 0.717) is 0 Å². The summed E-state index contributed by atoms with van der Waals surface area (Å²) in [5.74, 6) is 0.784. The van der Waals surface area contributed by atoms with Crippen LogP contribution in [0.4, 0.5) is 0 Å². The molecule has 0 aromatic carbocycles. The van der Waals surface area contributed by atoms with Crippen molar-refractivity contribution in [3.8, 4) is 0 Å². The molecule has 1 aromatic heterocycles. The Morgan fingerprint density at radius 2 is 2.36 bits per heavy atom. The van der Waals surface area contributed by atoms with Gasteiger partial charge in [-0.15, -0.1) is 0 Å². The van der Waals surface area contributed by atoms with Gasteiger partial charge in [0.2, 0.25) is 0 Å². The molecule has 1 radical (unpaired) electrons. The molecular weight excluding hydrogens is 138 g/mol. The third-order valence-electron chi connectivity index (χ3n) is 2.13. The molecule has 0 bridgehead atoms. The summed E-state index contributed by atoms with van der Waals surface area (Å²) in [6.07, 6.45) is 4.68. The lowest BCUT2D eigenvalue weighted by molar-refractivity contribution is 0.164. The Morgan fingerprint density at radius 3 is 2.82 bits per heavy atom. The minimum Gasteiger partial charge on any atom is -0.417 e. The maximum Gasteiger partial charge on any atom is 0.104 e. The molecule has 0 amide bonds. The fourth-order valence-electron chi connectivity index (χ4n) is 1.32. The second-order valence-electron chi connectivity index (χ2n) is 3.05. The van der Waals surface area contributed by atoms with Gasteiger partial charge in [-0.25, -0.2) is 0 Å². The second-order valence-corrected chi connectivity index (χ2v) is 3.05. The van der Waals surface area contributed by atoms with Gasteiger partial charge >= 0.3 is 0 Å². The zero-order valence-corrected chi connectivity index (χ0v) is 6.71. The van der Waals surface area contributed by atoms with Crippen molar-refractivity contribution in [1.29, 1.82) is 0 Å². The van der Waals surface area contributed by atoms with E-state index in [1.165, 1.54) is 18.4 Å². The van der Waals surface area contributed by atoms with Crippen LogP contribution in [-0.2, 0) is 0 Å². The van der Waals surface area contributed by atoms with Crippen LogP contribution < -0.4 is 4.84 Å². The minimum absolute atomic E-state index is 0.784. The first-order valence-corrected chi connectivity index (χ1v) is 3.90. The van der Waals surface area contributed by atoms with E-state index < -0.39 is 0 Å². The summed E-state index contributed by atoms with van der Waals surface area (Å²) in [4.78, 5) is 5.06. The standard InChI is InChI=1S/C9H12NO/c1-7-5-9(8-3-4-8)6-10(7)11-2/h5-6,8H,1,3-4H2,2H3. The molecule has 2 heteroatoms. The number of hydrogen-bond acceptors (Lipinski definition) is 1. The van der Waals surface area contributed by atoms with Crippen LogP contribution in [0.1, 0.15) is 30.0 Å². The zero-order valence-electron chi connectivity index (χ0n) is 6.71. The van der Waals surface area contributed by atoms with Gasteiger partial charge in [0.1, 0.15) is 7.11 Å². The van der Waals surface area contributed by atoms with Crippen LogP contribution >= 0.6 is 0 Å². The predicted octanol–water partition coefficient (Wildman–Crippen LogP) is 1.61. The van der Waals surface area contributed by atoms with Crippen molar-refractivity contribution < 1.29 is 4.84 Å². The smallest absolute Gasteiger partial charge is 0.104 e. The molecule has 11 heavy (non-hydrogen) atoms. The molecule has 2 nitrogen and oxygen atoms in total. The topological polar surface area (TPSA) is 14.2 Å². The Hall–Kier alpha value is -0.920. The highest BCUT2D eigenvalue weighted by molar-refractivity contribution is 5.26. The molecule has 1 aromatic rings. The molecule has 1 heterocycles. The van der Waals surface area contributed by atoms with Crippen molar-refractivity contribution in [1.82, 2.24) is 4.73 Å². The normalized spacial score (nSPS) is 16.9. The van der Waals surface area contributed by atoms with Crippen molar-refractivity contribution in [2.75, 3.05) is 7.11 Å². The van der Waals surface area contributed by atoms with Gasteiger partial charge in [0.25, 0.3) is 0 Å². The summed E-state index contributed by atoms with van der Waals surface area (Å²) in [5, 5.41) is 0. The quantitative estimate of drug-likeness (QED) is 0.624. The Kier molecular flexibility index (Phi) is 1.41. The van der Waals surface area contributed by atoms with Crippen molar-refractivity contribution in [2.24, 2.45) is 0 Å².